The molecule has 5 nitrogen and oxygen atoms in total. The van der Waals surface area contributed by atoms with Crippen molar-refractivity contribution in [2.24, 2.45) is 0 Å². The molecule has 9 rings (SSSR count). The molecule has 58 heavy (non-hydrogen) atoms. The van der Waals surface area contributed by atoms with Gasteiger partial charge in [-0.2, -0.15) is 0 Å². The van der Waals surface area contributed by atoms with Gasteiger partial charge in [-0.3, -0.25) is 4.98 Å². The van der Waals surface area contributed by atoms with Crippen molar-refractivity contribution in [3.05, 3.63) is 163 Å². The number of hydrogen-bond acceptors (Lipinski definition) is 4. The van der Waals surface area contributed by atoms with Gasteiger partial charge in [0.05, 0.1) is 16.9 Å². The van der Waals surface area contributed by atoms with Gasteiger partial charge in [0.15, 0.2) is 0 Å². The maximum atomic E-state index is 9.16. The molecule has 7 heteroatoms. The fraction of sp³-hybridized carbons (Fsp3) is 0.196. The zero-order chi connectivity index (χ0) is 41.7. The van der Waals surface area contributed by atoms with Gasteiger partial charge in [-0.15, -0.1) is 35.9 Å². The molecule has 0 N–H and O–H groups in total. The van der Waals surface area contributed by atoms with Crippen LogP contribution < -0.4 is 4.40 Å². The van der Waals surface area contributed by atoms with Crippen LogP contribution in [-0.2, 0) is 20.1 Å². The number of furan rings is 1. The molecule has 9 aromatic rings. The van der Waals surface area contributed by atoms with Crippen LogP contribution >= 0.6 is 0 Å². The molecule has 0 aliphatic rings. The van der Waals surface area contributed by atoms with Crippen molar-refractivity contribution in [3.8, 4) is 39.5 Å². The Balaban J connectivity index is 0.000000191. The Kier molecular flexibility index (Phi) is 11.2. The van der Waals surface area contributed by atoms with E-state index in [2.05, 4.69) is 92.5 Å². The largest absolute Gasteiger partial charge is 0.333 e. The molecule has 0 atom stereocenters. The second-order valence-corrected chi connectivity index (χ2v) is 26.7. The minimum Gasteiger partial charge on any atom is -0.333 e. The number of benzene rings is 5. The SMILES string of the molecule is Cc1ccc2c(n1)oc1c(-c3cc[c]([Ge]([CH3])([CH3])[CH3])cn3)[c-]ccc12.[2H]C(C)(C)c1cc(-c2ccccc2)cc(C([2H])(C)C)c1-n1c(-c2[c-]cccc2)nc2ccccc21.[Ir]. The molecule has 0 saturated heterocycles. The molecule has 1 radical (unpaired) electrons. The third kappa shape index (κ3) is 8.11. The first-order valence-electron chi connectivity index (χ1n) is 20.4. The van der Waals surface area contributed by atoms with Crippen LogP contribution in [0.3, 0.4) is 0 Å². The summed E-state index contributed by atoms with van der Waals surface area (Å²) in [5.74, 6) is 6.05. The zero-order valence-corrected chi connectivity index (χ0v) is 38.7. The van der Waals surface area contributed by atoms with Crippen molar-refractivity contribution in [1.29, 1.82) is 0 Å². The van der Waals surface area contributed by atoms with Crippen molar-refractivity contribution in [2.45, 2.75) is 63.7 Å². The van der Waals surface area contributed by atoms with E-state index >= 15 is 0 Å². The summed E-state index contributed by atoms with van der Waals surface area (Å²) >= 11 is -1.85. The van der Waals surface area contributed by atoms with E-state index < -0.39 is 25.1 Å². The minimum absolute atomic E-state index is 0. The van der Waals surface area contributed by atoms with Gasteiger partial charge in [-0.25, -0.2) is 0 Å². The Morgan fingerprint density at radius 3 is 2.07 bits per heavy atom. The van der Waals surface area contributed by atoms with E-state index in [0.717, 1.165) is 83.7 Å². The summed E-state index contributed by atoms with van der Waals surface area (Å²) in [6, 6.07) is 49.3. The van der Waals surface area contributed by atoms with Crippen LogP contribution in [0.15, 0.2) is 138 Å². The predicted octanol–water partition coefficient (Wildman–Crippen LogP) is 13.1. The fourth-order valence-electron chi connectivity index (χ4n) is 7.29. The monoisotopic (exact) mass is 1000 g/mol. The van der Waals surface area contributed by atoms with Crippen LogP contribution in [0.1, 0.15) is 59.0 Å². The normalized spacial score (nSPS) is 12.5. The van der Waals surface area contributed by atoms with Gasteiger partial charge in [0.25, 0.3) is 0 Å². The van der Waals surface area contributed by atoms with Crippen LogP contribution in [0.25, 0.3) is 72.6 Å². The first kappa shape index (κ1) is 38.4. The van der Waals surface area contributed by atoms with Gasteiger partial charge in [0.2, 0.25) is 0 Å². The van der Waals surface area contributed by atoms with Crippen molar-refractivity contribution >= 4 is 50.8 Å². The van der Waals surface area contributed by atoms with Crippen molar-refractivity contribution in [2.75, 3.05) is 0 Å². The maximum absolute atomic E-state index is 9.16. The van der Waals surface area contributed by atoms with E-state index in [1.165, 1.54) is 4.40 Å². The number of hydrogen-bond donors (Lipinski definition) is 0. The number of fused-ring (bicyclic) bond motifs is 4. The quantitative estimate of drug-likeness (QED) is 0.118. The molecule has 4 heterocycles. The fourth-order valence-corrected chi connectivity index (χ4v) is 9.46. The van der Waals surface area contributed by atoms with Crippen molar-refractivity contribution < 1.29 is 27.3 Å². The second kappa shape index (κ2) is 17.0. The number of rotatable bonds is 7. The number of aryl methyl sites for hydroxylation is 1. The summed E-state index contributed by atoms with van der Waals surface area (Å²) in [4.78, 5) is 14.2. The summed E-state index contributed by atoms with van der Waals surface area (Å²) in [6.07, 6.45) is 2.02. The molecule has 0 saturated carbocycles. The van der Waals surface area contributed by atoms with Crippen molar-refractivity contribution in [3.63, 3.8) is 0 Å². The zero-order valence-electron chi connectivity index (χ0n) is 36.2. The van der Waals surface area contributed by atoms with Gasteiger partial charge in [-0.05, 0) is 58.3 Å². The van der Waals surface area contributed by atoms with Crippen LogP contribution in [0.4, 0.5) is 0 Å². The predicted molar refractivity (Wildman–Crippen MR) is 240 cm³/mol. The van der Waals surface area contributed by atoms with Crippen LogP contribution in [0.2, 0.25) is 17.3 Å². The molecule has 0 fully saturated rings. The Hall–Kier alpha value is -5.14. The average molecular weight is 1000 g/mol. The summed E-state index contributed by atoms with van der Waals surface area (Å²) in [6.45, 7) is 9.62. The van der Waals surface area contributed by atoms with Gasteiger partial charge in [0, 0.05) is 28.5 Å². The number of aromatic nitrogens is 4. The van der Waals surface area contributed by atoms with E-state index in [-0.39, 0.29) is 20.1 Å². The third-order valence-electron chi connectivity index (χ3n) is 10.4. The number of imidazole rings is 1. The van der Waals surface area contributed by atoms with Gasteiger partial charge in [0.1, 0.15) is 0 Å². The molecule has 0 bridgehead atoms. The Labute approximate surface area is 361 Å². The van der Waals surface area contributed by atoms with Crippen LogP contribution in [-0.4, -0.2) is 32.8 Å². The molecule has 0 amide bonds. The smallest absolute Gasteiger partial charge is 0.0774 e. The summed E-state index contributed by atoms with van der Waals surface area (Å²) in [5.41, 5.74) is 11.6. The van der Waals surface area contributed by atoms with Gasteiger partial charge < -0.3 is 4.57 Å². The van der Waals surface area contributed by atoms with Gasteiger partial charge in [-0.1, -0.05) is 70.2 Å². The maximum Gasteiger partial charge on any atom is 0.0774 e. The Morgan fingerprint density at radius 1 is 0.707 bits per heavy atom. The number of para-hydroxylation sites is 2. The van der Waals surface area contributed by atoms with Crippen LogP contribution in [0, 0.1) is 19.1 Å². The standard InChI is InChI=1S/C31H29N2.C20H19GeN2O.Ir/c1-21(2)26-19-25(23-13-7-5-8-14-23)20-27(22(3)4)30(26)33-29-18-12-11-17-28(29)32-31(33)24-15-9-6-10-16-24;1-13-8-10-16-15-6-5-7-17(19(15)24-20(16)23-13)18-11-9-14(12-22-18)21(2,3)4;/h5-15,17-22H,1-4H3;5-6,8-12H,1-4H3;/q2*-1;/i21D,22D;;. The summed E-state index contributed by atoms with van der Waals surface area (Å²) in [7, 11) is 0. The molecule has 0 aliphatic carbocycles. The molecular weight excluding hydrogens is 949 g/mol. The molecule has 0 spiro atoms. The average Bonchev–Trinajstić information content (AvgIpc) is 3.79. The van der Waals surface area contributed by atoms with Crippen molar-refractivity contribution in [1.82, 2.24) is 19.5 Å². The molecule has 0 aliphatic heterocycles. The molecular formula is C51H48GeIrN4O-2. The topological polar surface area (TPSA) is 56.7 Å². The van der Waals surface area contributed by atoms with E-state index in [9.17, 15) is 0 Å². The number of nitrogens with zero attached hydrogens (tertiary/aromatic N) is 4. The number of pyridine rings is 2. The third-order valence-corrected chi connectivity index (χ3v) is 14.6. The molecule has 5 aromatic carbocycles. The molecule has 4 aromatic heterocycles. The Morgan fingerprint density at radius 2 is 1.41 bits per heavy atom. The summed E-state index contributed by atoms with van der Waals surface area (Å²) in [5, 5.41) is 2.10. The van der Waals surface area contributed by atoms with Gasteiger partial charge >= 0.3 is 144 Å². The van der Waals surface area contributed by atoms with E-state index in [1.54, 1.807) is 0 Å². The first-order chi connectivity index (χ1) is 28.1. The molecule has 293 valence electrons. The minimum atomic E-state index is -1.85. The molecule has 0 unspecified atom stereocenters. The Bertz CT molecular complexity index is 2910. The van der Waals surface area contributed by atoms with E-state index in [0.29, 0.717) is 5.71 Å². The van der Waals surface area contributed by atoms with Crippen LogP contribution in [0.5, 0.6) is 0 Å². The van der Waals surface area contributed by atoms with E-state index in [4.69, 9.17) is 12.1 Å². The second-order valence-electron chi connectivity index (χ2n) is 16.0. The summed E-state index contributed by atoms with van der Waals surface area (Å²) < 4.78 is 27.9. The van der Waals surface area contributed by atoms with E-state index in [1.807, 2.05) is 120 Å². The first-order valence-corrected chi connectivity index (χ1v) is 26.8.